The van der Waals surface area contributed by atoms with Gasteiger partial charge in [-0.1, -0.05) is 32.6 Å². The summed E-state index contributed by atoms with van der Waals surface area (Å²) >= 11 is 0. The van der Waals surface area contributed by atoms with Crippen LogP contribution < -0.4 is 15.8 Å². The number of carbonyl (C=O) groups is 1. The minimum atomic E-state index is -1.00. The van der Waals surface area contributed by atoms with Crippen LogP contribution >= 0.6 is 0 Å². The Morgan fingerprint density at radius 3 is 2.77 bits per heavy atom. The number of benzene rings is 1. The zero-order valence-corrected chi connectivity index (χ0v) is 17.9. The summed E-state index contributed by atoms with van der Waals surface area (Å²) in [4.78, 5) is 17.3. The van der Waals surface area contributed by atoms with E-state index >= 15 is 0 Å². The Kier molecular flexibility index (Phi) is 6.66. The summed E-state index contributed by atoms with van der Waals surface area (Å²) in [5.41, 5.74) is 6.28. The summed E-state index contributed by atoms with van der Waals surface area (Å²) in [5, 5.41) is 11.8. The number of carboxylic acid groups (broad SMARTS) is 1. The van der Waals surface area contributed by atoms with Crippen molar-refractivity contribution in [3.63, 3.8) is 0 Å². The Morgan fingerprint density at radius 1 is 1.39 bits per heavy atom. The maximum Gasteiger partial charge on any atom is 0.404 e. The molecule has 1 amide bonds. The van der Waals surface area contributed by atoms with Gasteiger partial charge in [0.25, 0.3) is 0 Å². The Bertz CT molecular complexity index is 1000. The predicted molar refractivity (Wildman–Crippen MR) is 116 cm³/mol. The van der Waals surface area contributed by atoms with Crippen LogP contribution in [-0.4, -0.2) is 46.8 Å². The van der Waals surface area contributed by atoms with Gasteiger partial charge in [-0.15, -0.1) is 0 Å². The van der Waals surface area contributed by atoms with Gasteiger partial charge in [0.2, 0.25) is 0 Å². The fourth-order valence-corrected chi connectivity index (χ4v) is 3.65. The molecular weight excluding hydrogens is 399 g/mol. The van der Waals surface area contributed by atoms with E-state index in [0.29, 0.717) is 23.5 Å². The maximum atomic E-state index is 14.0. The van der Waals surface area contributed by atoms with Gasteiger partial charge in [0.15, 0.2) is 11.6 Å². The number of nitrogen functional groups attached to an aromatic ring is 1. The number of hydrogen-bond acceptors (Lipinski definition) is 5. The van der Waals surface area contributed by atoms with Crippen molar-refractivity contribution in [1.82, 2.24) is 15.2 Å². The molecule has 1 unspecified atom stereocenters. The van der Waals surface area contributed by atoms with Gasteiger partial charge in [0, 0.05) is 55.3 Å². The van der Waals surface area contributed by atoms with E-state index in [1.807, 2.05) is 20.8 Å². The normalized spacial score (nSPS) is 15.4. The topological polar surface area (TPSA) is 101 Å². The number of ether oxygens (including phenoxy) is 1. The number of nitrogens with one attached hydrogen (secondary N) is 1. The van der Waals surface area contributed by atoms with Crippen molar-refractivity contribution < 1.29 is 19.0 Å². The van der Waals surface area contributed by atoms with Gasteiger partial charge in [0.05, 0.1) is 12.1 Å². The van der Waals surface area contributed by atoms with Gasteiger partial charge in [-0.2, -0.15) is 0 Å². The highest BCUT2D eigenvalue weighted by Gasteiger charge is 2.40. The molecule has 0 saturated carbocycles. The SMILES string of the molecule is CC(C)(C)C(NC(=O)O)C1CN(CC#Cc2cnccc2Oc2ccc(N)cc2F)C1. The quantitative estimate of drug-likeness (QED) is 0.499. The first kappa shape index (κ1) is 22.4. The van der Waals surface area contributed by atoms with E-state index in [9.17, 15) is 9.18 Å². The van der Waals surface area contributed by atoms with E-state index in [4.69, 9.17) is 15.6 Å². The van der Waals surface area contributed by atoms with Crippen molar-refractivity contribution in [3.05, 3.63) is 48.0 Å². The van der Waals surface area contributed by atoms with Crippen LogP contribution in [0.25, 0.3) is 0 Å². The second kappa shape index (κ2) is 9.23. The van der Waals surface area contributed by atoms with E-state index in [0.717, 1.165) is 13.1 Å². The molecular formula is C23H27FN4O3. The summed E-state index contributed by atoms with van der Waals surface area (Å²) in [6, 6.07) is 5.74. The molecule has 1 aromatic heterocycles. The van der Waals surface area contributed by atoms with Crippen molar-refractivity contribution in [2.45, 2.75) is 26.8 Å². The molecule has 0 aliphatic carbocycles. The third-order valence-corrected chi connectivity index (χ3v) is 5.15. The van der Waals surface area contributed by atoms with Gasteiger partial charge in [-0.25, -0.2) is 9.18 Å². The van der Waals surface area contributed by atoms with Crippen LogP contribution in [0.5, 0.6) is 11.5 Å². The van der Waals surface area contributed by atoms with Crippen LogP contribution in [-0.2, 0) is 0 Å². The Labute approximate surface area is 181 Å². The smallest absolute Gasteiger partial charge is 0.404 e. The Balaban J connectivity index is 1.61. The third kappa shape index (κ3) is 5.86. The number of halogens is 1. The molecule has 8 heteroatoms. The molecule has 2 aromatic rings. The second-order valence-corrected chi connectivity index (χ2v) is 8.71. The summed E-state index contributed by atoms with van der Waals surface area (Å²) in [7, 11) is 0. The third-order valence-electron chi connectivity index (χ3n) is 5.15. The maximum absolute atomic E-state index is 14.0. The van der Waals surface area contributed by atoms with Crippen LogP contribution in [0.2, 0.25) is 0 Å². The highest BCUT2D eigenvalue weighted by atomic mass is 19.1. The number of amides is 1. The average molecular weight is 426 g/mol. The largest absolute Gasteiger partial charge is 0.465 e. The van der Waals surface area contributed by atoms with E-state index in [1.165, 1.54) is 12.1 Å². The zero-order chi connectivity index (χ0) is 22.6. The molecule has 2 heterocycles. The Hall–Kier alpha value is -3.31. The first-order chi connectivity index (χ1) is 14.6. The van der Waals surface area contributed by atoms with Crippen molar-refractivity contribution in [3.8, 4) is 23.3 Å². The summed E-state index contributed by atoms with van der Waals surface area (Å²) in [6.45, 7) is 8.16. The molecule has 1 atom stereocenters. The van der Waals surface area contributed by atoms with Crippen molar-refractivity contribution in [1.29, 1.82) is 0 Å². The van der Waals surface area contributed by atoms with Gasteiger partial charge in [-0.3, -0.25) is 9.88 Å². The first-order valence-electron chi connectivity index (χ1n) is 10.0. The molecule has 3 rings (SSSR count). The van der Waals surface area contributed by atoms with Crippen LogP contribution in [0.15, 0.2) is 36.7 Å². The average Bonchev–Trinajstić information content (AvgIpc) is 2.64. The van der Waals surface area contributed by atoms with Gasteiger partial charge in [-0.05, 0) is 17.5 Å². The summed E-state index contributed by atoms with van der Waals surface area (Å²) < 4.78 is 19.7. The minimum absolute atomic E-state index is 0.0631. The second-order valence-electron chi connectivity index (χ2n) is 8.71. The fourth-order valence-electron chi connectivity index (χ4n) is 3.65. The van der Waals surface area contributed by atoms with Crippen LogP contribution in [0, 0.1) is 29.0 Å². The van der Waals surface area contributed by atoms with E-state index in [1.54, 1.807) is 24.5 Å². The van der Waals surface area contributed by atoms with E-state index < -0.39 is 11.9 Å². The molecule has 164 valence electrons. The molecule has 7 nitrogen and oxygen atoms in total. The molecule has 1 aromatic carbocycles. The van der Waals surface area contributed by atoms with Crippen molar-refractivity contribution in [2.75, 3.05) is 25.4 Å². The molecule has 1 saturated heterocycles. The number of rotatable bonds is 5. The molecule has 0 spiro atoms. The number of nitrogens with two attached hydrogens (primary N) is 1. The summed E-state index contributed by atoms with van der Waals surface area (Å²) in [6.07, 6.45) is 2.13. The molecule has 0 radical (unpaired) electrons. The van der Waals surface area contributed by atoms with E-state index in [-0.39, 0.29) is 23.1 Å². The number of pyridine rings is 1. The zero-order valence-electron chi connectivity index (χ0n) is 17.9. The van der Waals surface area contributed by atoms with Gasteiger partial charge < -0.3 is 20.9 Å². The molecule has 1 fully saturated rings. The molecule has 1 aliphatic rings. The summed E-state index contributed by atoms with van der Waals surface area (Å²) in [5.74, 6) is 6.29. The lowest BCUT2D eigenvalue weighted by molar-refractivity contribution is 0.0453. The molecule has 4 N–H and O–H groups in total. The Morgan fingerprint density at radius 2 is 2.13 bits per heavy atom. The monoisotopic (exact) mass is 426 g/mol. The van der Waals surface area contributed by atoms with Crippen LogP contribution in [0.3, 0.4) is 0 Å². The van der Waals surface area contributed by atoms with E-state index in [2.05, 4.69) is 27.0 Å². The van der Waals surface area contributed by atoms with Gasteiger partial charge >= 0.3 is 6.09 Å². The number of anilines is 1. The number of likely N-dealkylation sites (tertiary alicyclic amines) is 1. The fraction of sp³-hybridized carbons (Fsp3) is 0.391. The molecule has 1 aliphatic heterocycles. The lowest BCUT2D eigenvalue weighted by Gasteiger charge is -2.47. The molecule has 0 bridgehead atoms. The van der Waals surface area contributed by atoms with Crippen LogP contribution in [0.4, 0.5) is 14.9 Å². The first-order valence-corrected chi connectivity index (χ1v) is 10.0. The lowest BCUT2D eigenvalue weighted by atomic mass is 9.75. The van der Waals surface area contributed by atoms with Crippen molar-refractivity contribution >= 4 is 11.8 Å². The lowest BCUT2D eigenvalue weighted by Crippen LogP contribution is -2.60. The number of nitrogens with zero attached hydrogens (tertiary/aromatic N) is 2. The minimum Gasteiger partial charge on any atom is -0.465 e. The highest BCUT2D eigenvalue weighted by Crippen LogP contribution is 2.31. The van der Waals surface area contributed by atoms with Crippen LogP contribution in [0.1, 0.15) is 26.3 Å². The highest BCUT2D eigenvalue weighted by molar-refractivity contribution is 5.65. The van der Waals surface area contributed by atoms with Gasteiger partial charge in [0.1, 0.15) is 5.75 Å². The number of aromatic nitrogens is 1. The predicted octanol–water partition coefficient (Wildman–Crippen LogP) is 3.56. The number of hydrogen-bond donors (Lipinski definition) is 3. The van der Waals surface area contributed by atoms with Crippen molar-refractivity contribution in [2.24, 2.45) is 11.3 Å². The standard InChI is InChI=1S/C23H27FN4O3/c1-23(2,3)21(27-22(29)30)16-13-28(14-16)10-4-5-15-12-26-9-8-19(15)31-20-7-6-17(25)11-18(20)24/h6-9,11-12,16,21,27H,10,13-14,25H2,1-3H3,(H,29,30). The molecule has 31 heavy (non-hydrogen) atoms.